The van der Waals surface area contributed by atoms with Crippen molar-refractivity contribution in [3.8, 4) is 0 Å². The van der Waals surface area contributed by atoms with E-state index < -0.39 is 0 Å². The SMILES string of the molecule is CC(C)(C)OC(=O)[C@@H]1C[C@@H]2CC[C@H]1N2. The summed E-state index contributed by atoms with van der Waals surface area (Å²) in [5.74, 6) is 0.0881. The zero-order valence-corrected chi connectivity index (χ0v) is 9.17. The highest BCUT2D eigenvalue weighted by molar-refractivity contribution is 5.74. The van der Waals surface area contributed by atoms with Crippen LogP contribution in [0.4, 0.5) is 0 Å². The van der Waals surface area contributed by atoms with Crippen LogP contribution in [0.5, 0.6) is 0 Å². The Morgan fingerprint density at radius 1 is 1.36 bits per heavy atom. The molecule has 2 aliphatic heterocycles. The Labute approximate surface area is 85.2 Å². The van der Waals surface area contributed by atoms with Crippen molar-refractivity contribution in [1.82, 2.24) is 5.32 Å². The van der Waals surface area contributed by atoms with Crippen molar-refractivity contribution in [2.45, 2.75) is 57.7 Å². The number of fused-ring (bicyclic) bond motifs is 2. The zero-order chi connectivity index (χ0) is 10.3. The number of carbonyl (C=O) groups is 1. The van der Waals surface area contributed by atoms with E-state index >= 15 is 0 Å². The lowest BCUT2D eigenvalue weighted by atomic mass is 9.89. The van der Waals surface area contributed by atoms with Crippen LogP contribution in [-0.2, 0) is 9.53 Å². The fourth-order valence-electron chi connectivity index (χ4n) is 2.46. The molecule has 3 atom stereocenters. The minimum absolute atomic E-state index is 0.0165. The van der Waals surface area contributed by atoms with Gasteiger partial charge in [0, 0.05) is 12.1 Å². The lowest BCUT2D eigenvalue weighted by Crippen LogP contribution is -2.34. The van der Waals surface area contributed by atoms with Gasteiger partial charge in [0.2, 0.25) is 0 Å². The lowest BCUT2D eigenvalue weighted by Gasteiger charge is -2.25. The predicted molar refractivity (Wildman–Crippen MR) is 53.9 cm³/mol. The molecule has 2 saturated heterocycles. The number of ether oxygens (including phenoxy) is 1. The van der Waals surface area contributed by atoms with E-state index in [0.717, 1.165) is 12.8 Å². The van der Waals surface area contributed by atoms with Gasteiger partial charge in [0.1, 0.15) is 5.60 Å². The van der Waals surface area contributed by atoms with Gasteiger partial charge in [-0.15, -0.1) is 0 Å². The van der Waals surface area contributed by atoms with Gasteiger partial charge in [0.05, 0.1) is 5.92 Å². The van der Waals surface area contributed by atoms with Crippen LogP contribution in [0.2, 0.25) is 0 Å². The molecule has 0 aliphatic carbocycles. The summed E-state index contributed by atoms with van der Waals surface area (Å²) in [6.45, 7) is 5.77. The van der Waals surface area contributed by atoms with Gasteiger partial charge in [-0.05, 0) is 40.0 Å². The molecule has 0 spiro atoms. The first-order valence-corrected chi connectivity index (χ1v) is 5.44. The first-order chi connectivity index (χ1) is 6.46. The average Bonchev–Trinajstić information content (AvgIpc) is 2.59. The average molecular weight is 197 g/mol. The van der Waals surface area contributed by atoms with Crippen LogP contribution in [-0.4, -0.2) is 23.7 Å². The first kappa shape index (κ1) is 9.97. The molecule has 0 radical (unpaired) electrons. The molecule has 3 nitrogen and oxygen atoms in total. The van der Waals surface area contributed by atoms with Crippen LogP contribution in [0.25, 0.3) is 0 Å². The molecule has 2 fully saturated rings. The minimum atomic E-state index is -0.348. The quantitative estimate of drug-likeness (QED) is 0.647. The number of nitrogens with one attached hydrogen (secondary N) is 1. The lowest BCUT2D eigenvalue weighted by molar-refractivity contribution is -0.160. The molecule has 14 heavy (non-hydrogen) atoms. The largest absolute Gasteiger partial charge is 0.460 e. The Morgan fingerprint density at radius 3 is 2.50 bits per heavy atom. The fourth-order valence-corrected chi connectivity index (χ4v) is 2.46. The highest BCUT2D eigenvalue weighted by Gasteiger charge is 2.44. The molecular formula is C11H19NO2. The first-order valence-electron chi connectivity index (χ1n) is 5.44. The maximum Gasteiger partial charge on any atom is 0.311 e. The molecule has 2 aliphatic rings. The summed E-state index contributed by atoms with van der Waals surface area (Å²) in [6.07, 6.45) is 3.33. The summed E-state index contributed by atoms with van der Waals surface area (Å²) in [7, 11) is 0. The molecule has 0 aromatic rings. The second-order valence-corrected chi connectivity index (χ2v) is 5.42. The van der Waals surface area contributed by atoms with Crippen LogP contribution < -0.4 is 5.32 Å². The van der Waals surface area contributed by atoms with E-state index in [1.165, 1.54) is 6.42 Å². The van der Waals surface area contributed by atoms with E-state index in [1.54, 1.807) is 0 Å². The van der Waals surface area contributed by atoms with E-state index in [2.05, 4.69) is 5.32 Å². The molecule has 0 amide bonds. The van der Waals surface area contributed by atoms with Crippen LogP contribution in [0.3, 0.4) is 0 Å². The second-order valence-electron chi connectivity index (χ2n) is 5.42. The van der Waals surface area contributed by atoms with E-state index in [9.17, 15) is 4.79 Å². The third kappa shape index (κ3) is 1.92. The Hall–Kier alpha value is -0.570. The molecular weight excluding hydrogens is 178 g/mol. The van der Waals surface area contributed by atoms with Gasteiger partial charge >= 0.3 is 5.97 Å². The van der Waals surface area contributed by atoms with Crippen molar-refractivity contribution < 1.29 is 9.53 Å². The van der Waals surface area contributed by atoms with Gasteiger partial charge in [0.25, 0.3) is 0 Å². The number of hydrogen-bond acceptors (Lipinski definition) is 3. The highest BCUT2D eigenvalue weighted by Crippen LogP contribution is 2.34. The Kier molecular flexibility index (Phi) is 2.30. The molecule has 0 aromatic carbocycles. The van der Waals surface area contributed by atoms with Gasteiger partial charge in [-0.25, -0.2) is 0 Å². The van der Waals surface area contributed by atoms with Crippen LogP contribution in [0.1, 0.15) is 40.0 Å². The molecule has 1 N–H and O–H groups in total. The van der Waals surface area contributed by atoms with Crippen LogP contribution in [0, 0.1) is 5.92 Å². The molecule has 0 aromatic heterocycles. The summed E-state index contributed by atoms with van der Waals surface area (Å²) in [5.41, 5.74) is -0.348. The number of esters is 1. The highest BCUT2D eigenvalue weighted by atomic mass is 16.6. The maximum atomic E-state index is 11.8. The van der Waals surface area contributed by atoms with E-state index in [1.807, 2.05) is 20.8 Å². The maximum absolute atomic E-state index is 11.8. The van der Waals surface area contributed by atoms with Crippen molar-refractivity contribution in [2.75, 3.05) is 0 Å². The van der Waals surface area contributed by atoms with Crippen LogP contribution in [0.15, 0.2) is 0 Å². The number of carbonyl (C=O) groups excluding carboxylic acids is 1. The van der Waals surface area contributed by atoms with Crippen LogP contribution >= 0.6 is 0 Å². The number of hydrogen-bond donors (Lipinski definition) is 1. The zero-order valence-electron chi connectivity index (χ0n) is 9.17. The molecule has 2 rings (SSSR count). The Morgan fingerprint density at radius 2 is 2.07 bits per heavy atom. The second kappa shape index (κ2) is 3.23. The van der Waals surface area contributed by atoms with Crippen molar-refractivity contribution in [2.24, 2.45) is 5.92 Å². The van der Waals surface area contributed by atoms with E-state index in [4.69, 9.17) is 4.74 Å². The van der Waals surface area contributed by atoms with Gasteiger partial charge in [-0.3, -0.25) is 4.79 Å². The third-order valence-electron chi connectivity index (χ3n) is 3.01. The molecule has 2 heterocycles. The van der Waals surface area contributed by atoms with Crippen molar-refractivity contribution in [3.05, 3.63) is 0 Å². The standard InChI is InChI=1S/C11H19NO2/c1-11(2,3)14-10(13)8-6-7-4-5-9(8)12-7/h7-9,12H,4-6H2,1-3H3/t7-,8+,9+/m0/s1. The summed E-state index contributed by atoms with van der Waals surface area (Å²) in [5, 5.41) is 3.44. The third-order valence-corrected chi connectivity index (χ3v) is 3.01. The predicted octanol–water partition coefficient (Wildman–Crippen LogP) is 1.47. The van der Waals surface area contributed by atoms with Crippen molar-refractivity contribution in [3.63, 3.8) is 0 Å². The van der Waals surface area contributed by atoms with Gasteiger partial charge < -0.3 is 10.1 Å². The van der Waals surface area contributed by atoms with E-state index in [-0.39, 0.29) is 17.5 Å². The van der Waals surface area contributed by atoms with Gasteiger partial charge in [0.15, 0.2) is 0 Å². The summed E-state index contributed by atoms with van der Waals surface area (Å²) in [6, 6.07) is 0.951. The Balaban J connectivity index is 1.93. The Bertz CT molecular complexity index is 244. The smallest absolute Gasteiger partial charge is 0.311 e. The van der Waals surface area contributed by atoms with Gasteiger partial charge in [-0.2, -0.15) is 0 Å². The topological polar surface area (TPSA) is 38.3 Å². The monoisotopic (exact) mass is 197 g/mol. The van der Waals surface area contributed by atoms with Gasteiger partial charge in [-0.1, -0.05) is 0 Å². The van der Waals surface area contributed by atoms with Crippen molar-refractivity contribution >= 4 is 5.97 Å². The van der Waals surface area contributed by atoms with Crippen molar-refractivity contribution in [1.29, 1.82) is 0 Å². The fraction of sp³-hybridized carbons (Fsp3) is 0.909. The molecule has 0 unspecified atom stereocenters. The van der Waals surface area contributed by atoms with E-state index in [0.29, 0.717) is 12.1 Å². The normalized spacial score (nSPS) is 36.1. The molecule has 3 heteroatoms. The molecule has 0 saturated carbocycles. The minimum Gasteiger partial charge on any atom is -0.460 e. The summed E-state index contributed by atoms with van der Waals surface area (Å²) < 4.78 is 5.40. The summed E-state index contributed by atoms with van der Waals surface area (Å²) in [4.78, 5) is 11.8. The molecule has 2 bridgehead atoms. The summed E-state index contributed by atoms with van der Waals surface area (Å²) >= 11 is 0. The molecule has 80 valence electrons. The number of rotatable bonds is 1.